The summed E-state index contributed by atoms with van der Waals surface area (Å²) >= 11 is 0. The van der Waals surface area contributed by atoms with Crippen molar-refractivity contribution in [3.8, 4) is 0 Å². The standard InChI is InChI=1S/C16H21N3O/c1-10-8-15(19-14-4-2-3-5-16(14)20)12-9-11(17)6-7-13(12)18-10/h6-9,14,16,20H,2-5,17H2,1H3,(H,18,19). The zero-order valence-electron chi connectivity index (χ0n) is 11.8. The molecule has 0 radical (unpaired) electrons. The molecular weight excluding hydrogens is 250 g/mol. The van der Waals surface area contributed by atoms with Gasteiger partial charge in [0, 0.05) is 22.5 Å². The topological polar surface area (TPSA) is 71.2 Å². The van der Waals surface area contributed by atoms with Crippen molar-refractivity contribution in [2.24, 2.45) is 0 Å². The largest absolute Gasteiger partial charge is 0.399 e. The first-order chi connectivity index (χ1) is 9.63. The second kappa shape index (κ2) is 5.29. The summed E-state index contributed by atoms with van der Waals surface area (Å²) in [6.45, 7) is 1.98. The first-order valence-corrected chi connectivity index (χ1v) is 7.25. The van der Waals surface area contributed by atoms with Gasteiger partial charge in [0.05, 0.1) is 17.7 Å². The van der Waals surface area contributed by atoms with Crippen LogP contribution in [0.1, 0.15) is 31.4 Å². The van der Waals surface area contributed by atoms with E-state index in [0.29, 0.717) is 0 Å². The summed E-state index contributed by atoms with van der Waals surface area (Å²) in [5.74, 6) is 0. The van der Waals surface area contributed by atoms with Gasteiger partial charge in [0.25, 0.3) is 0 Å². The summed E-state index contributed by atoms with van der Waals surface area (Å²) in [4.78, 5) is 4.53. The third-order valence-corrected chi connectivity index (χ3v) is 4.03. The highest BCUT2D eigenvalue weighted by atomic mass is 16.3. The number of aliphatic hydroxyl groups excluding tert-OH is 1. The minimum atomic E-state index is -0.270. The molecule has 4 N–H and O–H groups in total. The van der Waals surface area contributed by atoms with Crippen LogP contribution in [0.3, 0.4) is 0 Å². The van der Waals surface area contributed by atoms with Gasteiger partial charge in [-0.05, 0) is 44.0 Å². The summed E-state index contributed by atoms with van der Waals surface area (Å²) in [5.41, 5.74) is 9.54. The van der Waals surface area contributed by atoms with Crippen molar-refractivity contribution in [1.29, 1.82) is 0 Å². The number of aryl methyl sites for hydroxylation is 1. The SMILES string of the molecule is Cc1cc(NC2CCCCC2O)c2cc(N)ccc2n1. The molecule has 1 aromatic carbocycles. The number of anilines is 2. The van der Waals surface area contributed by atoms with Gasteiger partial charge in [0.15, 0.2) is 0 Å². The summed E-state index contributed by atoms with van der Waals surface area (Å²) in [6.07, 6.45) is 3.89. The van der Waals surface area contributed by atoms with E-state index in [9.17, 15) is 5.11 Å². The molecule has 2 unspecified atom stereocenters. The number of pyridine rings is 1. The predicted octanol–water partition coefficient (Wildman–Crippen LogP) is 2.84. The number of rotatable bonds is 2. The van der Waals surface area contributed by atoms with E-state index in [0.717, 1.165) is 47.2 Å². The van der Waals surface area contributed by atoms with E-state index in [1.165, 1.54) is 6.42 Å². The van der Waals surface area contributed by atoms with Crippen molar-refractivity contribution in [2.45, 2.75) is 44.8 Å². The van der Waals surface area contributed by atoms with E-state index in [4.69, 9.17) is 5.73 Å². The molecule has 4 nitrogen and oxygen atoms in total. The highest BCUT2D eigenvalue weighted by molar-refractivity contribution is 5.93. The summed E-state index contributed by atoms with van der Waals surface area (Å²) in [5, 5.41) is 14.6. The Morgan fingerprint density at radius 1 is 1.25 bits per heavy atom. The number of nitrogen functional groups attached to an aromatic ring is 1. The maximum Gasteiger partial charge on any atom is 0.0741 e. The Hall–Kier alpha value is -1.81. The van der Waals surface area contributed by atoms with E-state index >= 15 is 0 Å². The molecule has 1 fully saturated rings. The Morgan fingerprint density at radius 3 is 2.85 bits per heavy atom. The van der Waals surface area contributed by atoms with Crippen LogP contribution in [-0.2, 0) is 0 Å². The second-order valence-electron chi connectivity index (χ2n) is 5.69. The number of aliphatic hydroxyl groups is 1. The summed E-state index contributed by atoms with van der Waals surface area (Å²) in [7, 11) is 0. The Morgan fingerprint density at radius 2 is 2.05 bits per heavy atom. The van der Waals surface area contributed by atoms with E-state index in [-0.39, 0.29) is 12.1 Å². The number of nitrogens with zero attached hydrogens (tertiary/aromatic N) is 1. The van der Waals surface area contributed by atoms with Crippen LogP contribution in [0, 0.1) is 6.92 Å². The van der Waals surface area contributed by atoms with Gasteiger partial charge >= 0.3 is 0 Å². The van der Waals surface area contributed by atoms with Crippen molar-refractivity contribution >= 4 is 22.3 Å². The maximum atomic E-state index is 10.1. The lowest BCUT2D eigenvalue weighted by atomic mass is 9.92. The third kappa shape index (κ3) is 2.56. The lowest BCUT2D eigenvalue weighted by Crippen LogP contribution is -2.36. The number of hydrogen-bond donors (Lipinski definition) is 3. The van der Waals surface area contributed by atoms with Gasteiger partial charge in [-0.3, -0.25) is 4.98 Å². The van der Waals surface area contributed by atoms with Crippen LogP contribution in [0.4, 0.5) is 11.4 Å². The Kier molecular flexibility index (Phi) is 3.49. The zero-order chi connectivity index (χ0) is 14.1. The number of fused-ring (bicyclic) bond motifs is 1. The molecule has 4 heteroatoms. The molecule has 2 atom stereocenters. The second-order valence-corrected chi connectivity index (χ2v) is 5.69. The fourth-order valence-corrected chi connectivity index (χ4v) is 2.97. The molecule has 1 aliphatic rings. The molecule has 0 amide bonds. The van der Waals surface area contributed by atoms with Gasteiger partial charge in [-0.15, -0.1) is 0 Å². The molecule has 3 rings (SSSR count). The minimum Gasteiger partial charge on any atom is -0.399 e. The van der Waals surface area contributed by atoms with Crippen LogP contribution in [0.2, 0.25) is 0 Å². The van der Waals surface area contributed by atoms with Crippen LogP contribution >= 0.6 is 0 Å². The van der Waals surface area contributed by atoms with Crippen molar-refractivity contribution < 1.29 is 5.11 Å². The quantitative estimate of drug-likeness (QED) is 0.734. The molecule has 1 aromatic heterocycles. The number of benzene rings is 1. The zero-order valence-corrected chi connectivity index (χ0v) is 11.8. The third-order valence-electron chi connectivity index (χ3n) is 4.03. The van der Waals surface area contributed by atoms with E-state index < -0.39 is 0 Å². The van der Waals surface area contributed by atoms with Crippen LogP contribution < -0.4 is 11.1 Å². The van der Waals surface area contributed by atoms with Crippen LogP contribution in [-0.4, -0.2) is 22.2 Å². The fourth-order valence-electron chi connectivity index (χ4n) is 2.97. The van der Waals surface area contributed by atoms with Crippen LogP contribution in [0.5, 0.6) is 0 Å². The monoisotopic (exact) mass is 271 g/mol. The molecule has 106 valence electrons. The number of aromatic nitrogens is 1. The predicted molar refractivity (Wildman–Crippen MR) is 82.8 cm³/mol. The van der Waals surface area contributed by atoms with Gasteiger partial charge in [-0.25, -0.2) is 0 Å². The van der Waals surface area contributed by atoms with Crippen LogP contribution in [0.25, 0.3) is 10.9 Å². The van der Waals surface area contributed by atoms with E-state index in [1.807, 2.05) is 31.2 Å². The number of nitrogens with two attached hydrogens (primary N) is 1. The number of nitrogens with one attached hydrogen (secondary N) is 1. The average molecular weight is 271 g/mol. The summed E-state index contributed by atoms with van der Waals surface area (Å²) < 4.78 is 0. The molecule has 1 aliphatic carbocycles. The normalized spacial score (nSPS) is 22.9. The molecule has 2 aromatic rings. The average Bonchev–Trinajstić information content (AvgIpc) is 2.42. The molecule has 0 spiro atoms. The lowest BCUT2D eigenvalue weighted by molar-refractivity contribution is 0.116. The Bertz CT molecular complexity index is 626. The van der Waals surface area contributed by atoms with Crippen molar-refractivity contribution in [3.63, 3.8) is 0 Å². The highest BCUT2D eigenvalue weighted by Crippen LogP contribution is 2.29. The molecule has 0 saturated heterocycles. The maximum absolute atomic E-state index is 10.1. The summed E-state index contributed by atoms with van der Waals surface area (Å²) in [6, 6.07) is 7.91. The van der Waals surface area contributed by atoms with Crippen molar-refractivity contribution in [3.05, 3.63) is 30.0 Å². The Labute approximate surface area is 119 Å². The number of hydrogen-bond acceptors (Lipinski definition) is 4. The Balaban J connectivity index is 1.99. The van der Waals surface area contributed by atoms with Gasteiger partial charge in [-0.2, -0.15) is 0 Å². The minimum absolute atomic E-state index is 0.121. The molecule has 20 heavy (non-hydrogen) atoms. The molecule has 1 heterocycles. The van der Waals surface area contributed by atoms with Gasteiger partial charge in [0.2, 0.25) is 0 Å². The van der Waals surface area contributed by atoms with Crippen LogP contribution in [0.15, 0.2) is 24.3 Å². The van der Waals surface area contributed by atoms with Crippen molar-refractivity contribution in [1.82, 2.24) is 4.98 Å². The van der Waals surface area contributed by atoms with E-state index in [2.05, 4.69) is 10.3 Å². The van der Waals surface area contributed by atoms with E-state index in [1.54, 1.807) is 0 Å². The molecule has 0 bridgehead atoms. The molecular formula is C16H21N3O. The van der Waals surface area contributed by atoms with Gasteiger partial charge < -0.3 is 16.2 Å². The van der Waals surface area contributed by atoms with Crippen molar-refractivity contribution in [2.75, 3.05) is 11.1 Å². The highest BCUT2D eigenvalue weighted by Gasteiger charge is 2.23. The molecule has 0 aliphatic heterocycles. The first kappa shape index (κ1) is 13.2. The first-order valence-electron chi connectivity index (χ1n) is 7.25. The fraction of sp³-hybridized carbons (Fsp3) is 0.438. The van der Waals surface area contributed by atoms with Gasteiger partial charge in [0.1, 0.15) is 0 Å². The smallest absolute Gasteiger partial charge is 0.0741 e. The van der Waals surface area contributed by atoms with Gasteiger partial charge in [-0.1, -0.05) is 12.8 Å². The molecule has 1 saturated carbocycles. The lowest BCUT2D eigenvalue weighted by Gasteiger charge is -2.29.